The largest absolute Gasteiger partial charge is 0.490 e. The zero-order chi connectivity index (χ0) is 32.2. The van der Waals surface area contributed by atoms with Gasteiger partial charge in [-0.05, 0) is 56.3 Å². The normalized spacial score (nSPS) is 13.7. The fraction of sp³-hybridized carbons (Fsp3) is 0.296. The van der Waals surface area contributed by atoms with E-state index < -0.39 is 29.7 Å². The minimum absolute atomic E-state index is 0.00615. The van der Waals surface area contributed by atoms with Crippen molar-refractivity contribution in [3.63, 3.8) is 0 Å². The zero-order valence-electron chi connectivity index (χ0n) is 23.0. The Morgan fingerprint density at radius 3 is 2.14 bits per heavy atom. The highest BCUT2D eigenvalue weighted by Crippen LogP contribution is 2.36. The molecule has 1 fully saturated rings. The van der Waals surface area contributed by atoms with E-state index in [9.17, 15) is 30.7 Å². The molecule has 2 aromatic carbocycles. The molecule has 234 valence electrons. The molecule has 10 nitrogen and oxygen atoms in total. The van der Waals surface area contributed by atoms with Crippen LogP contribution in [0.3, 0.4) is 0 Å². The Morgan fingerprint density at radius 2 is 1.59 bits per heavy atom. The number of aryl methyl sites for hydroxylation is 2. The van der Waals surface area contributed by atoms with Gasteiger partial charge in [0, 0.05) is 30.0 Å². The van der Waals surface area contributed by atoms with Crippen LogP contribution in [-0.4, -0.2) is 68.3 Å². The number of hydrogen-bond acceptors (Lipinski definition) is 8. The first-order chi connectivity index (χ1) is 20.6. The number of anilines is 3. The number of benzene rings is 2. The van der Waals surface area contributed by atoms with Gasteiger partial charge in [0.05, 0.1) is 30.7 Å². The highest BCUT2D eigenvalue weighted by Gasteiger charge is 2.38. The van der Waals surface area contributed by atoms with E-state index in [1.807, 2.05) is 19.1 Å². The maximum atomic E-state index is 14.8. The van der Waals surface area contributed by atoms with Gasteiger partial charge < -0.3 is 20.1 Å². The Balaban J connectivity index is 0.000000566. The van der Waals surface area contributed by atoms with E-state index in [0.29, 0.717) is 43.5 Å². The summed E-state index contributed by atoms with van der Waals surface area (Å²) in [5.74, 6) is -2.15. The molecule has 3 heterocycles. The molecule has 0 unspecified atom stereocenters. The molecule has 17 heteroatoms. The van der Waals surface area contributed by atoms with Gasteiger partial charge in [0.15, 0.2) is 5.82 Å². The second-order valence-corrected chi connectivity index (χ2v) is 9.35. The molecule has 0 bridgehead atoms. The van der Waals surface area contributed by atoms with Gasteiger partial charge in [-0.25, -0.2) is 28.8 Å². The zero-order valence-corrected chi connectivity index (χ0v) is 23.0. The highest BCUT2D eigenvalue weighted by molar-refractivity contribution is 5.73. The Hall–Kier alpha value is -4.80. The van der Waals surface area contributed by atoms with E-state index in [2.05, 4.69) is 25.4 Å². The number of aliphatic carboxylic acids is 1. The number of carbonyl (C=O) groups is 1. The van der Waals surface area contributed by atoms with Crippen molar-refractivity contribution in [2.75, 3.05) is 36.5 Å². The van der Waals surface area contributed by atoms with Crippen LogP contribution in [-0.2, 0) is 15.7 Å². The lowest BCUT2D eigenvalue weighted by molar-refractivity contribution is -0.192. The van der Waals surface area contributed by atoms with E-state index in [1.54, 1.807) is 28.6 Å². The van der Waals surface area contributed by atoms with Crippen molar-refractivity contribution in [1.29, 1.82) is 0 Å². The molecular weight excluding hydrogens is 603 g/mol. The van der Waals surface area contributed by atoms with Crippen LogP contribution in [0.15, 0.2) is 48.7 Å². The molecule has 0 spiro atoms. The van der Waals surface area contributed by atoms with Crippen LogP contribution in [0.1, 0.15) is 17.2 Å². The number of nitrogens with zero attached hydrogens (tertiary/aromatic N) is 6. The summed E-state index contributed by atoms with van der Waals surface area (Å²) in [5.41, 5.74) is 0.621. The highest BCUT2D eigenvalue weighted by atomic mass is 19.4. The van der Waals surface area contributed by atoms with Gasteiger partial charge in [-0.2, -0.15) is 31.4 Å². The van der Waals surface area contributed by atoms with Crippen LogP contribution in [0, 0.1) is 19.7 Å². The van der Waals surface area contributed by atoms with Crippen LogP contribution in [0.25, 0.3) is 16.9 Å². The summed E-state index contributed by atoms with van der Waals surface area (Å²) in [6.45, 7) is 5.31. The first-order valence-electron chi connectivity index (χ1n) is 12.8. The van der Waals surface area contributed by atoms with E-state index in [4.69, 9.17) is 14.6 Å². The standard InChI is InChI=1S/C25H23F4N7O.C2HF3O2/c1-15-31-16(2)36(34-15)20-5-3-19(4-6-20)32-24-30-14-22(26)23(33-24)17-11-18(25(27,28)29)13-21(12-17)35-7-9-37-10-8-35;3-2(4,5)1(6)7/h3-6,11-14H,7-10H2,1-2H3,(H,30,32,33);(H,6,7). The number of halogens is 7. The lowest BCUT2D eigenvalue weighted by Gasteiger charge is -2.29. The molecule has 5 rings (SSSR count). The fourth-order valence-electron chi connectivity index (χ4n) is 4.13. The van der Waals surface area contributed by atoms with E-state index >= 15 is 0 Å². The monoisotopic (exact) mass is 627 g/mol. The number of hydrogen-bond donors (Lipinski definition) is 2. The second kappa shape index (κ2) is 12.8. The average Bonchev–Trinajstić information content (AvgIpc) is 3.31. The van der Waals surface area contributed by atoms with Gasteiger partial charge in [0.2, 0.25) is 5.95 Å². The number of nitrogens with one attached hydrogen (secondary N) is 1. The number of carboxylic acids is 1. The molecule has 44 heavy (non-hydrogen) atoms. The number of rotatable bonds is 5. The van der Waals surface area contributed by atoms with Gasteiger partial charge in [0.1, 0.15) is 17.3 Å². The summed E-state index contributed by atoms with van der Waals surface area (Å²) in [5, 5.41) is 14.4. The van der Waals surface area contributed by atoms with Crippen molar-refractivity contribution in [1.82, 2.24) is 24.7 Å². The van der Waals surface area contributed by atoms with Crippen LogP contribution < -0.4 is 10.2 Å². The predicted octanol–water partition coefficient (Wildman–Crippen LogP) is 5.71. The summed E-state index contributed by atoms with van der Waals surface area (Å²) in [4.78, 5) is 23.1. The summed E-state index contributed by atoms with van der Waals surface area (Å²) in [7, 11) is 0. The third-order valence-electron chi connectivity index (χ3n) is 6.12. The third kappa shape index (κ3) is 7.97. The topological polar surface area (TPSA) is 118 Å². The van der Waals surface area contributed by atoms with Crippen molar-refractivity contribution in [3.8, 4) is 16.9 Å². The molecule has 2 N–H and O–H groups in total. The first kappa shape index (κ1) is 32.1. The SMILES string of the molecule is Cc1nc(C)n(-c2ccc(Nc3ncc(F)c(-c4cc(N5CCOCC5)cc(C(F)(F)F)c4)n3)cc2)n1.O=C(O)C(F)(F)F. The van der Waals surface area contributed by atoms with Gasteiger partial charge in [0.25, 0.3) is 0 Å². The number of alkyl halides is 6. The van der Waals surface area contributed by atoms with Gasteiger partial charge in [-0.15, -0.1) is 0 Å². The van der Waals surface area contributed by atoms with E-state index in [1.165, 1.54) is 6.07 Å². The maximum Gasteiger partial charge on any atom is 0.490 e. The molecule has 1 saturated heterocycles. The maximum absolute atomic E-state index is 14.8. The Labute approximate surface area is 245 Å². The molecule has 1 aliphatic rings. The minimum Gasteiger partial charge on any atom is -0.475 e. The minimum atomic E-state index is -5.08. The quantitative estimate of drug-likeness (QED) is 0.268. The second-order valence-electron chi connectivity index (χ2n) is 9.35. The van der Waals surface area contributed by atoms with E-state index in [0.717, 1.165) is 29.8 Å². The summed E-state index contributed by atoms with van der Waals surface area (Å²) in [6.07, 6.45) is -8.75. The Kier molecular flexibility index (Phi) is 9.36. The van der Waals surface area contributed by atoms with Crippen molar-refractivity contribution < 1.29 is 45.4 Å². The molecule has 0 atom stereocenters. The van der Waals surface area contributed by atoms with Crippen molar-refractivity contribution in [3.05, 3.63) is 71.7 Å². The smallest absolute Gasteiger partial charge is 0.475 e. The average molecular weight is 628 g/mol. The van der Waals surface area contributed by atoms with Crippen molar-refractivity contribution in [2.24, 2.45) is 0 Å². The van der Waals surface area contributed by atoms with Crippen LogP contribution in [0.2, 0.25) is 0 Å². The summed E-state index contributed by atoms with van der Waals surface area (Å²) < 4.78 is 94.6. The molecule has 0 saturated carbocycles. The van der Waals surface area contributed by atoms with Crippen molar-refractivity contribution in [2.45, 2.75) is 26.2 Å². The van der Waals surface area contributed by atoms with Crippen molar-refractivity contribution >= 4 is 23.3 Å². The molecule has 0 aliphatic carbocycles. The molecule has 0 amide bonds. The number of ether oxygens (including phenoxy) is 1. The van der Waals surface area contributed by atoms with Crippen LogP contribution in [0.4, 0.5) is 48.1 Å². The molecule has 0 radical (unpaired) electrons. The Bertz CT molecular complexity index is 1620. The number of morpholine rings is 1. The van der Waals surface area contributed by atoms with Gasteiger partial charge in [-0.3, -0.25) is 0 Å². The molecule has 2 aromatic heterocycles. The van der Waals surface area contributed by atoms with Gasteiger partial charge >= 0.3 is 18.3 Å². The number of carboxylic acid groups (broad SMARTS) is 1. The summed E-state index contributed by atoms with van der Waals surface area (Å²) in [6, 6.07) is 10.6. The predicted molar refractivity (Wildman–Crippen MR) is 143 cm³/mol. The number of aromatic nitrogens is 5. The Morgan fingerprint density at radius 1 is 0.955 bits per heavy atom. The molecular formula is C27H24F7N7O3. The van der Waals surface area contributed by atoms with Crippen LogP contribution >= 0.6 is 0 Å². The first-order valence-corrected chi connectivity index (χ1v) is 12.8. The van der Waals surface area contributed by atoms with E-state index in [-0.39, 0.29) is 17.2 Å². The lowest BCUT2D eigenvalue weighted by atomic mass is 10.0. The fourth-order valence-corrected chi connectivity index (χ4v) is 4.13. The van der Waals surface area contributed by atoms with Gasteiger partial charge in [-0.1, -0.05) is 0 Å². The lowest BCUT2D eigenvalue weighted by Crippen LogP contribution is -2.36. The third-order valence-corrected chi connectivity index (χ3v) is 6.12. The molecule has 4 aromatic rings. The summed E-state index contributed by atoms with van der Waals surface area (Å²) >= 11 is 0. The molecule has 1 aliphatic heterocycles. The van der Waals surface area contributed by atoms with Crippen LogP contribution in [0.5, 0.6) is 0 Å².